The lowest BCUT2D eigenvalue weighted by molar-refractivity contribution is 0.0488. The second-order valence-corrected chi connectivity index (χ2v) is 54.2. The van der Waals surface area contributed by atoms with Crippen molar-refractivity contribution >= 4 is 97.0 Å². The fourth-order valence-electron chi connectivity index (χ4n) is 11.7. The van der Waals surface area contributed by atoms with Gasteiger partial charge in [0.25, 0.3) is 0 Å². The molecule has 0 unspecified atom stereocenters. The van der Waals surface area contributed by atoms with Crippen molar-refractivity contribution in [2.45, 2.75) is 206 Å². The number of rotatable bonds is 40. The van der Waals surface area contributed by atoms with Gasteiger partial charge in [-0.2, -0.15) is 0 Å². The monoisotopic (exact) mass is 1420 g/mol. The number of unbranched alkanes of at least 4 members (excludes halogenated alkanes) is 14. The van der Waals surface area contributed by atoms with Crippen molar-refractivity contribution in [2.75, 3.05) is 13.2 Å². The summed E-state index contributed by atoms with van der Waals surface area (Å²) in [6.45, 7) is 32.0. The minimum absolute atomic E-state index is 0.211. The second kappa shape index (κ2) is 36.9. The molecule has 0 heterocycles. The van der Waals surface area contributed by atoms with Gasteiger partial charge in [0, 0.05) is 0 Å². The Hall–Kier alpha value is -6.46. The molecule has 520 valence electrons. The van der Waals surface area contributed by atoms with Crippen molar-refractivity contribution in [3.63, 3.8) is 0 Å². The van der Waals surface area contributed by atoms with Gasteiger partial charge in [-0.05, 0) is 249 Å². The summed E-state index contributed by atoms with van der Waals surface area (Å²) < 4.78 is 59.5. The third kappa shape index (κ3) is 29.3. The van der Waals surface area contributed by atoms with Crippen LogP contribution in [-0.4, -0.2) is 99.4 Å². The van der Waals surface area contributed by atoms with Crippen LogP contribution in [0.3, 0.4) is 0 Å². The van der Waals surface area contributed by atoms with E-state index in [9.17, 15) is 28.8 Å². The Labute approximate surface area is 576 Å². The molecule has 22 heteroatoms. The fourth-order valence-corrected chi connectivity index (χ4v) is 38.2. The van der Waals surface area contributed by atoms with Crippen LogP contribution in [0, 0.1) is 0 Å². The van der Waals surface area contributed by atoms with Crippen LogP contribution in [0.4, 0.5) is 0 Å². The number of ether oxygens (including phenoxy) is 6. The summed E-state index contributed by atoms with van der Waals surface area (Å²) in [5.74, 6) is -2.43. The minimum Gasteiger partial charge on any atom is -0.462 e. The van der Waals surface area contributed by atoms with Crippen LogP contribution in [0.1, 0.15) is 165 Å². The zero-order valence-electron chi connectivity index (χ0n) is 59.4. The number of carbonyl (C=O) groups excluding carboxylic acids is 6. The van der Waals surface area contributed by atoms with Crippen molar-refractivity contribution in [1.29, 1.82) is 0 Å². The van der Waals surface area contributed by atoms with Gasteiger partial charge in [0.05, 0.1) is 46.6 Å². The van der Waals surface area contributed by atoms with E-state index in [4.69, 9.17) is 44.9 Å². The minimum atomic E-state index is -2.10. The van der Waals surface area contributed by atoms with Crippen LogP contribution >= 0.6 is 0 Å². The lowest BCUT2D eigenvalue weighted by Gasteiger charge is -2.37. The summed E-state index contributed by atoms with van der Waals surface area (Å²) in [5, 5.41) is 1.44. The maximum absolute atomic E-state index is 13.2. The highest BCUT2D eigenvalue weighted by Gasteiger charge is 2.39. The van der Waals surface area contributed by atoms with Crippen LogP contribution in [0.5, 0.6) is 23.0 Å². The number of hydrogen-bond acceptors (Lipinski definition) is 16. The van der Waals surface area contributed by atoms with Gasteiger partial charge in [-0.1, -0.05) is 102 Å². The highest BCUT2D eigenvalue weighted by atomic mass is 28.5. The SMILES string of the molecule is C[Si](C)(C)O[Si](C)(C)O[Si](C)(C)CCCCCCCCCCOC(=O)c1ccc(C(=O)Oc2ccc(C(=O)Oc3ccc4cc(OC(=O)c5ccc(OC(=O)c6ccc(C(=O)OCCCCCCCCCC[Si](C)(C)O[Si](C)(C)O[Si](C)(C)C)cc6)cc5)ccc4c3)cc2)cc1. The van der Waals surface area contributed by atoms with Crippen LogP contribution in [-0.2, 0) is 25.9 Å². The zero-order valence-corrected chi connectivity index (χ0v) is 65.4. The lowest BCUT2D eigenvalue weighted by Crippen LogP contribution is -2.51. The molecule has 96 heavy (non-hydrogen) atoms. The van der Waals surface area contributed by atoms with E-state index in [1.807, 2.05) is 0 Å². The summed E-state index contributed by atoms with van der Waals surface area (Å²) in [4.78, 5) is 77.8. The number of fused-ring (bicyclic) bond motifs is 1. The van der Waals surface area contributed by atoms with Crippen molar-refractivity contribution in [3.05, 3.63) is 167 Å². The Balaban J connectivity index is 0.819. The van der Waals surface area contributed by atoms with Gasteiger partial charge in [-0.15, -0.1) is 0 Å². The fraction of sp³-hybridized carbons (Fsp3) is 0.459. The molecule has 0 aliphatic rings. The van der Waals surface area contributed by atoms with Gasteiger partial charge in [-0.25, -0.2) is 28.8 Å². The van der Waals surface area contributed by atoms with Crippen molar-refractivity contribution in [3.8, 4) is 23.0 Å². The van der Waals surface area contributed by atoms with Crippen LogP contribution in [0.2, 0.25) is 104 Å². The molecule has 6 aromatic carbocycles. The summed E-state index contributed by atoms with van der Waals surface area (Å²) in [6, 6.07) is 36.5. The average molecular weight is 1420 g/mol. The van der Waals surface area contributed by atoms with Gasteiger partial charge < -0.3 is 44.9 Å². The van der Waals surface area contributed by atoms with Crippen LogP contribution < -0.4 is 18.9 Å². The van der Waals surface area contributed by atoms with E-state index in [0.717, 1.165) is 74.2 Å². The molecule has 0 fully saturated rings. The quantitative estimate of drug-likeness (QED) is 0.0152. The first kappa shape index (κ1) is 78.5. The van der Waals surface area contributed by atoms with E-state index in [-0.39, 0.29) is 45.3 Å². The van der Waals surface area contributed by atoms with E-state index < -0.39 is 86.2 Å². The molecule has 0 bridgehead atoms. The maximum Gasteiger partial charge on any atom is 0.343 e. The Morgan fingerprint density at radius 2 is 0.490 bits per heavy atom. The first-order valence-electron chi connectivity index (χ1n) is 34.2. The molecule has 0 atom stereocenters. The second-order valence-electron chi connectivity index (χ2n) is 28.8. The highest BCUT2D eigenvalue weighted by Crippen LogP contribution is 2.30. The van der Waals surface area contributed by atoms with Crippen LogP contribution in [0.25, 0.3) is 10.8 Å². The largest absolute Gasteiger partial charge is 0.462 e. The first-order chi connectivity index (χ1) is 45.2. The molecule has 0 amide bonds. The zero-order chi connectivity index (χ0) is 70.2. The van der Waals surface area contributed by atoms with Crippen molar-refractivity contribution in [1.82, 2.24) is 0 Å². The Bertz CT molecular complexity index is 3260. The number of benzene rings is 6. The molecule has 6 aromatic rings. The molecule has 0 saturated carbocycles. The first-order valence-corrected chi connectivity index (χ1v) is 52.9. The predicted molar refractivity (Wildman–Crippen MR) is 395 cm³/mol. The van der Waals surface area contributed by atoms with Crippen molar-refractivity contribution < 1.29 is 73.6 Å². The molecule has 0 spiro atoms. The third-order valence-electron chi connectivity index (χ3n) is 15.5. The smallest absolute Gasteiger partial charge is 0.343 e. The molecule has 0 aliphatic carbocycles. The predicted octanol–water partition coefficient (Wildman–Crippen LogP) is 19.8. The number of esters is 6. The average Bonchev–Trinajstić information content (AvgIpc) is 0.839. The highest BCUT2D eigenvalue weighted by molar-refractivity contribution is 6.88. The lowest BCUT2D eigenvalue weighted by atomic mass is 10.1. The van der Waals surface area contributed by atoms with E-state index in [0.29, 0.717) is 24.3 Å². The summed E-state index contributed by atoms with van der Waals surface area (Å²) in [5.41, 5.74) is 1.61. The van der Waals surface area contributed by atoms with Gasteiger partial charge in [0.1, 0.15) is 23.0 Å². The molecular weight excluding hydrogens is 1310 g/mol. The molecule has 0 aromatic heterocycles. The van der Waals surface area contributed by atoms with E-state index in [1.165, 1.54) is 148 Å². The number of hydrogen-bond donors (Lipinski definition) is 0. The van der Waals surface area contributed by atoms with Gasteiger partial charge >= 0.3 is 52.9 Å². The standard InChI is InChI=1S/C74H104O16Si6/c1-91(2,3)87-95(11,12)89-93(7,8)53-29-25-21-17-15-19-23-27-51-81-69(75)57-31-35-59(36-32-57)71(77)83-65-45-39-61(40-46-65)73(79)85-67-49-43-64-56-68(50-44-63(64)55-67)86-74(80)62-41-47-66(48-42-62)84-72(78)60-37-33-58(34-38-60)70(76)82-52-28-24-20-16-18-22-26-30-54-94(9,10)90-96(13,14)88-92(4,5)6/h31-50,55-56H,15-30,51-54H2,1-14H3. The molecule has 0 N–H and O–H groups in total. The molecular formula is C74H104O16Si6. The van der Waals surface area contributed by atoms with Crippen LogP contribution in [0.15, 0.2) is 133 Å². The Morgan fingerprint density at radius 1 is 0.260 bits per heavy atom. The Morgan fingerprint density at radius 3 is 0.771 bits per heavy atom. The van der Waals surface area contributed by atoms with E-state index in [2.05, 4.69) is 91.7 Å². The van der Waals surface area contributed by atoms with E-state index in [1.54, 1.807) is 36.4 Å². The normalized spacial score (nSPS) is 12.3. The summed E-state index contributed by atoms with van der Waals surface area (Å²) in [7, 11) is -11.0. The third-order valence-corrected chi connectivity index (χ3v) is 35.8. The van der Waals surface area contributed by atoms with E-state index >= 15 is 0 Å². The van der Waals surface area contributed by atoms with Gasteiger partial charge in [0.2, 0.25) is 0 Å². The van der Waals surface area contributed by atoms with Gasteiger partial charge in [0.15, 0.2) is 33.3 Å². The topological polar surface area (TPSA) is 195 Å². The Kier molecular flexibility index (Phi) is 30.2. The maximum atomic E-state index is 13.2. The molecule has 6 rings (SSSR count). The molecule has 0 radical (unpaired) electrons. The molecule has 16 nitrogen and oxygen atoms in total. The van der Waals surface area contributed by atoms with Crippen molar-refractivity contribution in [2.24, 2.45) is 0 Å². The molecule has 0 aliphatic heterocycles. The van der Waals surface area contributed by atoms with Gasteiger partial charge in [-0.3, -0.25) is 0 Å². The number of carbonyl (C=O) groups is 6. The summed E-state index contributed by atoms with van der Waals surface area (Å²) >= 11 is 0. The molecule has 0 saturated heterocycles. The summed E-state index contributed by atoms with van der Waals surface area (Å²) in [6.07, 6.45) is 17.7.